The SMILES string of the molecule is Cc1sc2ncn(/N=C/c3ccc(Br)s3)c(=O)c2c1C. The fourth-order valence-corrected chi connectivity index (χ4v) is 4.10. The predicted molar refractivity (Wildman–Crippen MR) is 88.4 cm³/mol. The van der Waals surface area contributed by atoms with Crippen molar-refractivity contribution in [2.75, 3.05) is 0 Å². The molecule has 0 N–H and O–H groups in total. The van der Waals surface area contributed by atoms with Crippen molar-refractivity contribution in [2.45, 2.75) is 13.8 Å². The lowest BCUT2D eigenvalue weighted by Gasteiger charge is -1.97. The molecule has 0 saturated carbocycles. The summed E-state index contributed by atoms with van der Waals surface area (Å²) in [5.41, 5.74) is 0.870. The van der Waals surface area contributed by atoms with Gasteiger partial charge in [0.2, 0.25) is 0 Å². The molecule has 0 aliphatic carbocycles. The third-order valence-electron chi connectivity index (χ3n) is 2.98. The zero-order valence-electron chi connectivity index (χ0n) is 10.8. The van der Waals surface area contributed by atoms with Crippen LogP contribution in [-0.2, 0) is 0 Å². The lowest BCUT2D eigenvalue weighted by molar-refractivity contribution is 0.818. The molecule has 0 bridgehead atoms. The van der Waals surface area contributed by atoms with Crippen molar-refractivity contribution in [2.24, 2.45) is 5.10 Å². The molecule has 4 nitrogen and oxygen atoms in total. The number of hydrogen-bond donors (Lipinski definition) is 0. The molecule has 7 heteroatoms. The second kappa shape index (κ2) is 5.23. The Balaban J connectivity index is 2.08. The molecule has 0 spiro atoms. The van der Waals surface area contributed by atoms with Crippen LogP contribution in [0.1, 0.15) is 15.3 Å². The van der Waals surface area contributed by atoms with Crippen LogP contribution in [0.3, 0.4) is 0 Å². The molecule has 0 aliphatic heterocycles. The van der Waals surface area contributed by atoms with Crippen molar-refractivity contribution in [1.82, 2.24) is 9.66 Å². The van der Waals surface area contributed by atoms with Crippen molar-refractivity contribution in [3.05, 3.63) is 47.9 Å². The standard InChI is InChI=1S/C13H10BrN3OS2/c1-7-8(2)19-12-11(7)13(18)17(6-15-12)16-5-9-3-4-10(14)20-9/h3-6H,1-2H3/b16-5+. The van der Waals surface area contributed by atoms with Crippen molar-refractivity contribution in [3.63, 3.8) is 0 Å². The van der Waals surface area contributed by atoms with E-state index in [0.717, 1.165) is 23.9 Å². The average molecular weight is 368 g/mol. The highest BCUT2D eigenvalue weighted by molar-refractivity contribution is 9.11. The lowest BCUT2D eigenvalue weighted by Crippen LogP contribution is -2.16. The second-order valence-electron chi connectivity index (χ2n) is 4.24. The summed E-state index contributed by atoms with van der Waals surface area (Å²) >= 11 is 6.49. The highest BCUT2D eigenvalue weighted by atomic mass is 79.9. The molecule has 0 fully saturated rings. The van der Waals surface area contributed by atoms with Crippen LogP contribution in [0, 0.1) is 13.8 Å². The molecule has 102 valence electrons. The molecule has 3 heterocycles. The van der Waals surface area contributed by atoms with Gasteiger partial charge in [-0.25, -0.2) is 4.98 Å². The average Bonchev–Trinajstić information content (AvgIpc) is 2.94. The minimum Gasteiger partial charge on any atom is -0.267 e. The molecule has 0 atom stereocenters. The van der Waals surface area contributed by atoms with E-state index in [0.29, 0.717) is 5.39 Å². The molecule has 0 amide bonds. The number of halogens is 1. The maximum Gasteiger partial charge on any atom is 0.282 e. The van der Waals surface area contributed by atoms with Gasteiger partial charge in [-0.1, -0.05) is 0 Å². The molecular weight excluding hydrogens is 358 g/mol. The topological polar surface area (TPSA) is 47.2 Å². The number of fused-ring (bicyclic) bond motifs is 1. The maximum absolute atomic E-state index is 12.4. The van der Waals surface area contributed by atoms with E-state index in [1.807, 2.05) is 26.0 Å². The smallest absolute Gasteiger partial charge is 0.267 e. The summed E-state index contributed by atoms with van der Waals surface area (Å²) in [7, 11) is 0. The third kappa shape index (κ3) is 2.36. The zero-order valence-corrected chi connectivity index (χ0v) is 14.0. The highest BCUT2D eigenvalue weighted by Crippen LogP contribution is 2.25. The van der Waals surface area contributed by atoms with E-state index in [-0.39, 0.29) is 5.56 Å². The van der Waals surface area contributed by atoms with Crippen molar-refractivity contribution < 1.29 is 0 Å². The Hall–Kier alpha value is -1.31. The van der Waals surface area contributed by atoms with Gasteiger partial charge in [-0.15, -0.1) is 22.7 Å². The summed E-state index contributed by atoms with van der Waals surface area (Å²) in [6.07, 6.45) is 3.14. The van der Waals surface area contributed by atoms with Crippen molar-refractivity contribution in [1.29, 1.82) is 0 Å². The van der Waals surface area contributed by atoms with E-state index < -0.39 is 0 Å². The van der Waals surface area contributed by atoms with Crippen LogP contribution in [0.2, 0.25) is 0 Å². The summed E-state index contributed by atoms with van der Waals surface area (Å²) in [6, 6.07) is 3.89. The van der Waals surface area contributed by atoms with E-state index in [1.54, 1.807) is 17.6 Å². The highest BCUT2D eigenvalue weighted by Gasteiger charge is 2.11. The van der Waals surface area contributed by atoms with Crippen LogP contribution in [-0.4, -0.2) is 15.9 Å². The molecule has 0 saturated heterocycles. The molecule has 0 aliphatic rings. The van der Waals surface area contributed by atoms with E-state index in [2.05, 4.69) is 26.0 Å². The Labute approximate surface area is 131 Å². The molecule has 0 radical (unpaired) electrons. The molecule has 20 heavy (non-hydrogen) atoms. The molecule has 0 unspecified atom stereocenters. The van der Waals surface area contributed by atoms with Gasteiger partial charge in [0, 0.05) is 9.75 Å². The lowest BCUT2D eigenvalue weighted by atomic mass is 10.2. The van der Waals surface area contributed by atoms with Crippen LogP contribution in [0.15, 0.2) is 32.1 Å². The molecule has 3 aromatic rings. The zero-order chi connectivity index (χ0) is 14.3. The van der Waals surface area contributed by atoms with Crippen LogP contribution in [0.5, 0.6) is 0 Å². The summed E-state index contributed by atoms with van der Waals surface area (Å²) in [5, 5.41) is 4.87. The fourth-order valence-electron chi connectivity index (χ4n) is 1.82. The first kappa shape index (κ1) is 13.7. The van der Waals surface area contributed by atoms with E-state index in [9.17, 15) is 4.79 Å². The van der Waals surface area contributed by atoms with E-state index in [4.69, 9.17) is 0 Å². The summed E-state index contributed by atoms with van der Waals surface area (Å²) < 4.78 is 2.32. The molecule has 3 rings (SSSR count). The van der Waals surface area contributed by atoms with Gasteiger partial charge < -0.3 is 0 Å². The quantitative estimate of drug-likeness (QED) is 0.647. The van der Waals surface area contributed by atoms with Gasteiger partial charge in [0.15, 0.2) is 0 Å². The number of aromatic nitrogens is 2. The molecular formula is C13H10BrN3OS2. The van der Waals surface area contributed by atoms with Gasteiger partial charge in [0.1, 0.15) is 11.2 Å². The number of aryl methyl sites for hydroxylation is 2. The largest absolute Gasteiger partial charge is 0.282 e. The van der Waals surface area contributed by atoms with Crippen LogP contribution >= 0.6 is 38.6 Å². The Bertz CT molecular complexity index is 875. The van der Waals surface area contributed by atoms with Gasteiger partial charge in [0.25, 0.3) is 5.56 Å². The number of rotatable bonds is 2. The van der Waals surface area contributed by atoms with Gasteiger partial charge >= 0.3 is 0 Å². The number of hydrogen-bond acceptors (Lipinski definition) is 5. The third-order valence-corrected chi connectivity index (χ3v) is 5.65. The van der Waals surface area contributed by atoms with Gasteiger partial charge in [0.05, 0.1) is 15.4 Å². The molecule has 0 aromatic carbocycles. The minimum atomic E-state index is -0.122. The normalized spacial score (nSPS) is 11.8. The Morgan fingerprint density at radius 1 is 1.35 bits per heavy atom. The Kier molecular flexibility index (Phi) is 3.57. The van der Waals surface area contributed by atoms with Gasteiger partial charge in [-0.3, -0.25) is 4.79 Å². The maximum atomic E-state index is 12.4. The van der Waals surface area contributed by atoms with Gasteiger partial charge in [-0.2, -0.15) is 9.78 Å². The minimum absolute atomic E-state index is 0.122. The van der Waals surface area contributed by atoms with Crippen molar-refractivity contribution >= 4 is 55.0 Å². The summed E-state index contributed by atoms with van der Waals surface area (Å²) in [6.45, 7) is 3.94. The van der Waals surface area contributed by atoms with Gasteiger partial charge in [-0.05, 0) is 47.5 Å². The van der Waals surface area contributed by atoms with Crippen molar-refractivity contribution in [3.8, 4) is 0 Å². The Morgan fingerprint density at radius 3 is 2.85 bits per heavy atom. The van der Waals surface area contributed by atoms with Crippen LogP contribution in [0.25, 0.3) is 10.2 Å². The molecule has 3 aromatic heterocycles. The monoisotopic (exact) mass is 367 g/mol. The van der Waals surface area contributed by atoms with Crippen LogP contribution in [0.4, 0.5) is 0 Å². The Morgan fingerprint density at radius 2 is 2.15 bits per heavy atom. The first-order valence-corrected chi connectivity index (χ1v) is 8.26. The van der Waals surface area contributed by atoms with E-state index >= 15 is 0 Å². The first-order chi connectivity index (χ1) is 9.56. The number of nitrogens with zero attached hydrogens (tertiary/aromatic N) is 3. The second-order valence-corrected chi connectivity index (χ2v) is 7.94. The van der Waals surface area contributed by atoms with E-state index in [1.165, 1.54) is 22.3 Å². The predicted octanol–water partition coefficient (Wildman–Crippen LogP) is 3.78. The fraction of sp³-hybridized carbons (Fsp3) is 0.154. The first-order valence-electron chi connectivity index (χ1n) is 5.83. The summed E-state index contributed by atoms with van der Waals surface area (Å²) in [5.74, 6) is 0. The number of thiophene rings is 2. The summed E-state index contributed by atoms with van der Waals surface area (Å²) in [4.78, 5) is 19.6. The van der Waals surface area contributed by atoms with Crippen LogP contribution < -0.4 is 5.56 Å².